The fourth-order valence-electron chi connectivity index (χ4n) is 1.13. The lowest BCUT2D eigenvalue weighted by Gasteiger charge is -2.07. The number of pyridine rings is 1. The van der Waals surface area contributed by atoms with Gasteiger partial charge < -0.3 is 4.74 Å². The number of carbonyl (C=O) groups is 1. The first kappa shape index (κ1) is 13.7. The second-order valence-corrected chi connectivity index (χ2v) is 3.80. The quantitative estimate of drug-likeness (QED) is 0.272. The van der Waals surface area contributed by atoms with Crippen molar-refractivity contribution in [3.63, 3.8) is 0 Å². The van der Waals surface area contributed by atoms with E-state index in [0.717, 1.165) is 7.11 Å². The Morgan fingerprint density at radius 3 is 2.65 bits per heavy atom. The Morgan fingerprint density at radius 2 is 2.24 bits per heavy atom. The molecule has 0 saturated heterocycles. The van der Waals surface area contributed by atoms with Crippen molar-refractivity contribution in [2.75, 3.05) is 7.11 Å². The molecule has 0 radical (unpaired) electrons. The van der Waals surface area contributed by atoms with Crippen molar-refractivity contribution in [1.29, 1.82) is 0 Å². The Bertz CT molecular complexity index is 481. The maximum absolute atomic E-state index is 12.6. The van der Waals surface area contributed by atoms with Gasteiger partial charge in [0.15, 0.2) is 5.56 Å². The lowest BCUT2D eigenvalue weighted by Crippen LogP contribution is -2.12. The van der Waals surface area contributed by atoms with Gasteiger partial charge in [0.1, 0.15) is 9.26 Å². The highest BCUT2D eigenvalue weighted by atomic mass is 127. The van der Waals surface area contributed by atoms with Gasteiger partial charge in [-0.1, -0.05) is 0 Å². The average molecular weight is 358 g/mol. The first-order valence-corrected chi connectivity index (χ1v) is 5.17. The Morgan fingerprint density at radius 1 is 1.65 bits per heavy atom. The Labute approximate surface area is 107 Å². The largest absolute Gasteiger partial charge is 0.465 e. The van der Waals surface area contributed by atoms with Crippen molar-refractivity contribution in [2.24, 2.45) is 0 Å². The number of hydrogen-bond acceptors (Lipinski definition) is 5. The summed E-state index contributed by atoms with van der Waals surface area (Å²) in [4.78, 5) is 24.5. The zero-order chi connectivity index (χ0) is 13.2. The number of nitro groups is 1. The number of nitrogens with zero attached hydrogens (tertiary/aromatic N) is 2. The average Bonchev–Trinajstić information content (AvgIpc) is 2.26. The molecular weight excluding hydrogens is 353 g/mol. The van der Waals surface area contributed by atoms with Crippen LogP contribution in [0.1, 0.15) is 22.3 Å². The number of ether oxygens (including phenoxy) is 1. The molecule has 6 nitrogen and oxygen atoms in total. The third kappa shape index (κ3) is 2.65. The summed E-state index contributed by atoms with van der Waals surface area (Å²) in [5, 5.41) is 10.8. The van der Waals surface area contributed by atoms with Crippen LogP contribution < -0.4 is 0 Å². The topological polar surface area (TPSA) is 82.3 Å². The molecule has 0 N–H and O–H groups in total. The molecule has 0 unspecified atom stereocenters. The van der Waals surface area contributed by atoms with Crippen molar-refractivity contribution in [2.45, 2.75) is 6.43 Å². The van der Waals surface area contributed by atoms with Crippen LogP contribution in [0.2, 0.25) is 0 Å². The van der Waals surface area contributed by atoms with Crippen LogP contribution in [-0.2, 0) is 4.74 Å². The predicted molar refractivity (Wildman–Crippen MR) is 59.9 cm³/mol. The van der Waals surface area contributed by atoms with Crippen LogP contribution in [0.15, 0.2) is 6.20 Å². The molecule has 0 spiro atoms. The van der Waals surface area contributed by atoms with Gasteiger partial charge in [-0.05, 0) is 22.6 Å². The lowest BCUT2D eigenvalue weighted by atomic mass is 10.1. The molecule has 1 heterocycles. The van der Waals surface area contributed by atoms with Gasteiger partial charge in [0.25, 0.3) is 12.1 Å². The second kappa shape index (κ2) is 5.29. The van der Waals surface area contributed by atoms with Gasteiger partial charge >= 0.3 is 5.97 Å². The number of halogens is 3. The fraction of sp³-hybridized carbons (Fsp3) is 0.250. The third-order valence-electron chi connectivity index (χ3n) is 1.84. The molecule has 0 aliphatic rings. The maximum Gasteiger partial charge on any atom is 0.347 e. The van der Waals surface area contributed by atoms with Crippen LogP contribution in [0.3, 0.4) is 0 Å². The molecule has 0 aliphatic carbocycles. The molecule has 0 bridgehead atoms. The zero-order valence-corrected chi connectivity index (χ0v) is 10.5. The van der Waals surface area contributed by atoms with Crippen LogP contribution in [0, 0.1) is 13.8 Å². The predicted octanol–water partition coefficient (Wildman–Crippen LogP) is 2.32. The van der Waals surface area contributed by atoms with Gasteiger partial charge in [-0.3, -0.25) is 10.1 Å². The van der Waals surface area contributed by atoms with E-state index in [1.807, 2.05) is 0 Å². The Balaban J connectivity index is 3.60. The Kier molecular flexibility index (Phi) is 4.26. The number of methoxy groups -OCH3 is 1. The van der Waals surface area contributed by atoms with Gasteiger partial charge in [-0.2, -0.15) is 0 Å². The minimum absolute atomic E-state index is 0.0643. The minimum atomic E-state index is -3.09. The molecule has 9 heteroatoms. The Hall–Kier alpha value is -1.39. The molecule has 0 aliphatic heterocycles. The fourth-order valence-corrected chi connectivity index (χ4v) is 1.75. The molecule has 17 heavy (non-hydrogen) atoms. The van der Waals surface area contributed by atoms with Crippen LogP contribution in [0.5, 0.6) is 0 Å². The van der Waals surface area contributed by atoms with Crippen LogP contribution >= 0.6 is 22.6 Å². The number of esters is 1. The van der Waals surface area contributed by atoms with E-state index < -0.39 is 34.1 Å². The highest BCUT2D eigenvalue weighted by Gasteiger charge is 2.32. The summed E-state index contributed by atoms with van der Waals surface area (Å²) in [6, 6.07) is 0. The second-order valence-electron chi connectivity index (χ2n) is 2.78. The SMILES string of the molecule is COC(=O)c1c(I)ncc(C(F)F)c1[N+](=O)[O-]. The van der Waals surface area contributed by atoms with E-state index in [1.165, 1.54) is 22.6 Å². The number of carbonyl (C=O) groups excluding carboxylic acids is 1. The van der Waals surface area contributed by atoms with Crippen molar-refractivity contribution >= 4 is 34.2 Å². The van der Waals surface area contributed by atoms with E-state index >= 15 is 0 Å². The number of rotatable bonds is 3. The minimum Gasteiger partial charge on any atom is -0.465 e. The molecule has 0 amide bonds. The molecule has 1 rings (SSSR count). The zero-order valence-electron chi connectivity index (χ0n) is 8.32. The van der Waals surface area contributed by atoms with Gasteiger partial charge in [0, 0.05) is 6.20 Å². The van der Waals surface area contributed by atoms with Gasteiger partial charge in [0.05, 0.1) is 12.0 Å². The monoisotopic (exact) mass is 358 g/mol. The van der Waals surface area contributed by atoms with Crippen LogP contribution in [0.25, 0.3) is 0 Å². The summed E-state index contributed by atoms with van der Waals surface area (Å²) in [5.41, 5.74) is -2.43. The van der Waals surface area contributed by atoms with Gasteiger partial charge in [-0.15, -0.1) is 0 Å². The molecule has 0 fully saturated rings. The normalized spacial score (nSPS) is 10.4. The summed E-state index contributed by atoms with van der Waals surface area (Å²) in [7, 11) is 0.997. The van der Waals surface area contributed by atoms with Crippen LogP contribution in [-0.4, -0.2) is 23.0 Å². The molecular formula is C8H5F2IN2O4. The summed E-state index contributed by atoms with van der Waals surface area (Å²) < 4.78 is 29.4. The summed E-state index contributed by atoms with van der Waals surface area (Å²) >= 11 is 1.54. The number of aromatic nitrogens is 1. The summed E-state index contributed by atoms with van der Waals surface area (Å²) in [6.07, 6.45) is -2.42. The van der Waals surface area contributed by atoms with E-state index in [-0.39, 0.29) is 3.70 Å². The molecule has 1 aromatic rings. The molecule has 92 valence electrons. The maximum atomic E-state index is 12.6. The van der Waals surface area contributed by atoms with Gasteiger partial charge in [-0.25, -0.2) is 18.6 Å². The van der Waals surface area contributed by atoms with Crippen molar-refractivity contribution < 1.29 is 23.2 Å². The van der Waals surface area contributed by atoms with Crippen LogP contribution in [0.4, 0.5) is 14.5 Å². The van der Waals surface area contributed by atoms with Crippen molar-refractivity contribution in [3.05, 3.63) is 31.1 Å². The van der Waals surface area contributed by atoms with E-state index in [4.69, 9.17) is 0 Å². The van der Waals surface area contributed by atoms with E-state index in [0.29, 0.717) is 6.20 Å². The third-order valence-corrected chi connectivity index (χ3v) is 2.66. The highest BCUT2D eigenvalue weighted by Crippen LogP contribution is 2.33. The van der Waals surface area contributed by atoms with Crippen molar-refractivity contribution in [3.8, 4) is 0 Å². The van der Waals surface area contributed by atoms with E-state index in [1.54, 1.807) is 0 Å². The number of hydrogen-bond donors (Lipinski definition) is 0. The molecule has 0 saturated carbocycles. The molecule has 0 atom stereocenters. The number of alkyl halides is 2. The van der Waals surface area contributed by atoms with E-state index in [9.17, 15) is 23.7 Å². The summed E-state index contributed by atoms with van der Waals surface area (Å²) in [6.45, 7) is 0. The first-order chi connectivity index (χ1) is 7.90. The first-order valence-electron chi connectivity index (χ1n) is 4.09. The standard InChI is InChI=1S/C8H5F2IN2O4/c1-17-8(14)4-5(13(15)16)3(6(9)10)2-12-7(4)11/h2,6H,1H3. The summed E-state index contributed by atoms with van der Waals surface area (Å²) in [5.74, 6) is -1.07. The lowest BCUT2D eigenvalue weighted by molar-refractivity contribution is -0.386. The molecule has 1 aromatic heterocycles. The smallest absolute Gasteiger partial charge is 0.347 e. The molecule has 0 aromatic carbocycles. The van der Waals surface area contributed by atoms with E-state index in [2.05, 4.69) is 9.72 Å². The van der Waals surface area contributed by atoms with Crippen molar-refractivity contribution in [1.82, 2.24) is 4.98 Å². The highest BCUT2D eigenvalue weighted by molar-refractivity contribution is 14.1. The van der Waals surface area contributed by atoms with Gasteiger partial charge in [0.2, 0.25) is 0 Å².